The highest BCUT2D eigenvalue weighted by atomic mass is 35.5. The summed E-state index contributed by atoms with van der Waals surface area (Å²) in [6.45, 7) is 1.61. The van der Waals surface area contributed by atoms with Crippen molar-refractivity contribution in [1.82, 2.24) is 10.4 Å². The van der Waals surface area contributed by atoms with Gasteiger partial charge in [-0.25, -0.2) is 5.43 Å². The summed E-state index contributed by atoms with van der Waals surface area (Å²) in [5, 5.41) is 5.85. The molecule has 0 aliphatic heterocycles. The Hall–Kier alpha value is -2.50. The largest absolute Gasteiger partial charge is 0.479 e. The summed E-state index contributed by atoms with van der Waals surface area (Å²) in [5.74, 6) is -0.00330. The van der Waals surface area contributed by atoms with Crippen LogP contribution in [-0.4, -0.2) is 23.2 Å². The van der Waals surface area contributed by atoms with Crippen molar-refractivity contribution in [3.05, 3.63) is 64.3 Å². The number of carbonyl (C=O) groups is 1. The first-order valence-corrected chi connectivity index (χ1v) is 8.31. The number of hydrazone groups is 1. The van der Waals surface area contributed by atoms with Gasteiger partial charge in [-0.05, 0) is 31.2 Å². The number of amides is 1. The van der Waals surface area contributed by atoms with E-state index in [0.29, 0.717) is 15.8 Å². The number of benzene rings is 2. The van der Waals surface area contributed by atoms with Gasteiger partial charge in [0.2, 0.25) is 0 Å². The zero-order valence-corrected chi connectivity index (χ0v) is 14.8. The Morgan fingerprint density at radius 1 is 1.28 bits per heavy atom. The fourth-order valence-corrected chi connectivity index (χ4v) is 2.72. The number of nitrogens with one attached hydrogen (secondary N) is 2. The normalized spacial score (nSPS) is 12.4. The van der Waals surface area contributed by atoms with Gasteiger partial charge in [0, 0.05) is 27.7 Å². The lowest BCUT2D eigenvalue weighted by atomic mass is 10.2. The highest BCUT2D eigenvalue weighted by Gasteiger charge is 2.15. The summed E-state index contributed by atoms with van der Waals surface area (Å²) < 4.78 is 5.54. The van der Waals surface area contributed by atoms with E-state index in [0.717, 1.165) is 16.5 Å². The van der Waals surface area contributed by atoms with Crippen LogP contribution in [0.4, 0.5) is 0 Å². The quantitative estimate of drug-likeness (QED) is 0.512. The van der Waals surface area contributed by atoms with E-state index in [1.54, 1.807) is 31.3 Å². The van der Waals surface area contributed by atoms with Crippen LogP contribution in [0.2, 0.25) is 10.0 Å². The summed E-state index contributed by atoms with van der Waals surface area (Å²) in [5.41, 5.74) is 4.34. The molecule has 2 aromatic carbocycles. The molecule has 128 valence electrons. The molecular weight excluding hydrogens is 361 g/mol. The molecule has 2 N–H and O–H groups in total. The Morgan fingerprint density at radius 2 is 2.08 bits per heavy atom. The van der Waals surface area contributed by atoms with E-state index in [-0.39, 0.29) is 5.91 Å². The van der Waals surface area contributed by atoms with Crippen LogP contribution in [0.25, 0.3) is 10.9 Å². The van der Waals surface area contributed by atoms with E-state index in [4.69, 9.17) is 27.9 Å². The number of ether oxygens (including phenoxy) is 1. The first-order valence-electron chi connectivity index (χ1n) is 7.55. The summed E-state index contributed by atoms with van der Waals surface area (Å²) in [6.07, 6.45) is 2.64. The topological polar surface area (TPSA) is 66.5 Å². The average molecular weight is 376 g/mol. The molecule has 1 aromatic heterocycles. The van der Waals surface area contributed by atoms with Gasteiger partial charge in [0.25, 0.3) is 5.91 Å². The van der Waals surface area contributed by atoms with E-state index in [2.05, 4.69) is 15.5 Å². The molecule has 0 radical (unpaired) electrons. The van der Waals surface area contributed by atoms with E-state index < -0.39 is 6.10 Å². The van der Waals surface area contributed by atoms with Gasteiger partial charge in [0.15, 0.2) is 6.10 Å². The van der Waals surface area contributed by atoms with Gasteiger partial charge < -0.3 is 9.72 Å². The van der Waals surface area contributed by atoms with E-state index in [1.807, 2.05) is 30.5 Å². The molecule has 0 aliphatic carbocycles. The first kappa shape index (κ1) is 17.3. The second-order valence-corrected chi connectivity index (χ2v) is 6.20. The number of hydrogen-bond acceptors (Lipinski definition) is 3. The number of para-hydroxylation sites is 1. The van der Waals surface area contributed by atoms with Crippen molar-refractivity contribution in [3.63, 3.8) is 0 Å². The van der Waals surface area contributed by atoms with Crippen molar-refractivity contribution in [3.8, 4) is 5.75 Å². The minimum atomic E-state index is -0.765. The van der Waals surface area contributed by atoms with Crippen molar-refractivity contribution in [2.24, 2.45) is 5.10 Å². The van der Waals surface area contributed by atoms with Crippen LogP contribution in [0.3, 0.4) is 0 Å². The zero-order valence-electron chi connectivity index (χ0n) is 13.3. The number of H-pyrrole nitrogens is 1. The maximum atomic E-state index is 12.1. The van der Waals surface area contributed by atoms with Crippen LogP contribution < -0.4 is 10.2 Å². The third kappa shape index (κ3) is 4.13. The van der Waals surface area contributed by atoms with Gasteiger partial charge in [-0.2, -0.15) is 5.10 Å². The van der Waals surface area contributed by atoms with Crippen LogP contribution >= 0.6 is 23.2 Å². The first-order chi connectivity index (χ1) is 12.0. The van der Waals surface area contributed by atoms with Crippen molar-refractivity contribution in [1.29, 1.82) is 0 Å². The number of hydrogen-bond donors (Lipinski definition) is 2. The standard InChI is InChI=1S/C18H15Cl2N3O2/c1-11(25-17-7-6-13(19)8-15(17)20)18(24)23-22-10-12-9-21-16-5-3-2-4-14(12)16/h2-11,21H,1H3,(H,23,24)/b22-10-/t11-/m0/s1. The molecule has 0 saturated carbocycles. The SMILES string of the molecule is C[C@H](Oc1ccc(Cl)cc1Cl)C(=O)N/N=C\c1c[nH]c2ccccc12. The fourth-order valence-electron chi connectivity index (χ4n) is 2.27. The number of fused-ring (bicyclic) bond motifs is 1. The van der Waals surface area contributed by atoms with E-state index in [1.165, 1.54) is 0 Å². The van der Waals surface area contributed by atoms with Crippen molar-refractivity contribution in [2.75, 3.05) is 0 Å². The molecule has 0 fully saturated rings. The van der Waals surface area contributed by atoms with Crippen LogP contribution in [0.15, 0.2) is 53.8 Å². The lowest BCUT2D eigenvalue weighted by molar-refractivity contribution is -0.127. The smallest absolute Gasteiger partial charge is 0.280 e. The summed E-state index contributed by atoms with van der Waals surface area (Å²) >= 11 is 11.9. The Labute approximate surface area is 154 Å². The number of halogens is 2. The van der Waals surface area contributed by atoms with Crippen LogP contribution in [0.1, 0.15) is 12.5 Å². The number of aromatic nitrogens is 1. The number of aromatic amines is 1. The predicted molar refractivity (Wildman–Crippen MR) is 101 cm³/mol. The zero-order chi connectivity index (χ0) is 17.8. The molecule has 0 unspecified atom stereocenters. The van der Waals surface area contributed by atoms with Crippen molar-refractivity contribution >= 4 is 46.2 Å². The molecule has 1 heterocycles. The van der Waals surface area contributed by atoms with Crippen LogP contribution in [-0.2, 0) is 4.79 Å². The second-order valence-electron chi connectivity index (χ2n) is 5.36. The molecule has 7 heteroatoms. The molecule has 3 rings (SSSR count). The van der Waals surface area contributed by atoms with Gasteiger partial charge in [-0.15, -0.1) is 0 Å². The maximum absolute atomic E-state index is 12.1. The minimum absolute atomic E-state index is 0.342. The molecule has 25 heavy (non-hydrogen) atoms. The van der Waals surface area contributed by atoms with Gasteiger partial charge in [0.1, 0.15) is 5.75 Å². The lowest BCUT2D eigenvalue weighted by Crippen LogP contribution is -2.33. The molecule has 1 atom stereocenters. The highest BCUT2D eigenvalue weighted by molar-refractivity contribution is 6.35. The van der Waals surface area contributed by atoms with Crippen LogP contribution in [0.5, 0.6) is 5.75 Å². The van der Waals surface area contributed by atoms with E-state index in [9.17, 15) is 4.79 Å². The predicted octanol–water partition coefficient (Wildman–Crippen LogP) is 4.39. The lowest BCUT2D eigenvalue weighted by Gasteiger charge is -2.14. The molecular formula is C18H15Cl2N3O2. The maximum Gasteiger partial charge on any atom is 0.280 e. The van der Waals surface area contributed by atoms with Crippen LogP contribution in [0, 0.1) is 0 Å². The van der Waals surface area contributed by atoms with Gasteiger partial charge in [-0.1, -0.05) is 41.4 Å². The monoisotopic (exact) mass is 375 g/mol. The molecule has 5 nitrogen and oxygen atoms in total. The molecule has 0 aliphatic rings. The molecule has 0 spiro atoms. The van der Waals surface area contributed by atoms with Gasteiger partial charge in [0.05, 0.1) is 11.2 Å². The van der Waals surface area contributed by atoms with Gasteiger partial charge in [-0.3, -0.25) is 4.79 Å². The average Bonchev–Trinajstić information content (AvgIpc) is 3.00. The second kappa shape index (κ2) is 7.59. The van der Waals surface area contributed by atoms with Crippen molar-refractivity contribution < 1.29 is 9.53 Å². The Bertz CT molecular complexity index is 937. The number of rotatable bonds is 5. The number of carbonyl (C=O) groups excluding carboxylic acids is 1. The number of nitrogens with zero attached hydrogens (tertiary/aromatic N) is 1. The Morgan fingerprint density at radius 3 is 2.88 bits per heavy atom. The molecule has 0 bridgehead atoms. The molecule has 3 aromatic rings. The Balaban J connectivity index is 1.61. The third-order valence-electron chi connectivity index (χ3n) is 3.57. The summed E-state index contributed by atoms with van der Waals surface area (Å²) in [7, 11) is 0. The fraction of sp³-hybridized carbons (Fsp3) is 0.111. The Kier molecular flexibility index (Phi) is 5.26. The minimum Gasteiger partial charge on any atom is -0.479 e. The summed E-state index contributed by atoms with van der Waals surface area (Å²) in [4.78, 5) is 15.2. The van der Waals surface area contributed by atoms with Crippen molar-refractivity contribution in [2.45, 2.75) is 13.0 Å². The molecule has 0 saturated heterocycles. The van der Waals surface area contributed by atoms with E-state index >= 15 is 0 Å². The highest BCUT2D eigenvalue weighted by Crippen LogP contribution is 2.28. The summed E-state index contributed by atoms with van der Waals surface area (Å²) in [6, 6.07) is 12.6. The van der Waals surface area contributed by atoms with Gasteiger partial charge >= 0.3 is 0 Å². The molecule has 1 amide bonds. The third-order valence-corrected chi connectivity index (χ3v) is 4.10.